The standard InChI is InChI=1S/C24H21N3O3/c1-29-21-10-6-5-9-20(21)25-22(28)15-16-23-26-24(27-30-23)19-13-11-18(12-14-19)17-7-3-2-4-8-17/h2-14H,15-16H2,1H3,(H,25,28). The van der Waals surface area contributed by atoms with Gasteiger partial charge in [-0.3, -0.25) is 4.79 Å². The summed E-state index contributed by atoms with van der Waals surface area (Å²) < 4.78 is 10.6. The van der Waals surface area contributed by atoms with Gasteiger partial charge in [0.05, 0.1) is 12.8 Å². The predicted octanol–water partition coefficient (Wildman–Crippen LogP) is 4.98. The molecule has 0 bridgehead atoms. The molecule has 0 atom stereocenters. The summed E-state index contributed by atoms with van der Waals surface area (Å²) in [4.78, 5) is 16.7. The second-order valence-corrected chi connectivity index (χ2v) is 6.70. The Hall–Kier alpha value is -3.93. The van der Waals surface area contributed by atoms with Crippen LogP contribution < -0.4 is 10.1 Å². The van der Waals surface area contributed by atoms with Crippen molar-refractivity contribution in [2.75, 3.05) is 12.4 Å². The SMILES string of the molecule is COc1ccccc1NC(=O)CCc1nc(-c2ccc(-c3ccccc3)cc2)no1. The van der Waals surface area contributed by atoms with Gasteiger partial charge in [-0.1, -0.05) is 71.9 Å². The fraction of sp³-hybridized carbons (Fsp3) is 0.125. The average molecular weight is 399 g/mol. The lowest BCUT2D eigenvalue weighted by atomic mass is 10.0. The minimum absolute atomic E-state index is 0.147. The van der Waals surface area contributed by atoms with E-state index in [1.807, 2.05) is 54.6 Å². The van der Waals surface area contributed by atoms with Gasteiger partial charge in [-0.2, -0.15) is 4.98 Å². The van der Waals surface area contributed by atoms with E-state index in [9.17, 15) is 4.79 Å². The van der Waals surface area contributed by atoms with Gasteiger partial charge in [0.25, 0.3) is 0 Å². The van der Waals surface area contributed by atoms with Crippen LogP contribution in [0.25, 0.3) is 22.5 Å². The number of aromatic nitrogens is 2. The molecule has 4 aromatic rings. The number of nitrogens with one attached hydrogen (secondary N) is 1. The number of para-hydroxylation sites is 2. The summed E-state index contributed by atoms with van der Waals surface area (Å²) in [7, 11) is 1.57. The Morgan fingerprint density at radius 1 is 0.900 bits per heavy atom. The number of ether oxygens (including phenoxy) is 1. The number of carbonyl (C=O) groups is 1. The van der Waals surface area contributed by atoms with E-state index in [1.54, 1.807) is 19.2 Å². The van der Waals surface area contributed by atoms with Gasteiger partial charge in [-0.15, -0.1) is 0 Å². The molecule has 0 saturated heterocycles. The number of rotatable bonds is 7. The summed E-state index contributed by atoms with van der Waals surface area (Å²) in [5.74, 6) is 1.40. The van der Waals surface area contributed by atoms with Crippen molar-refractivity contribution in [2.45, 2.75) is 12.8 Å². The minimum atomic E-state index is -0.147. The normalized spacial score (nSPS) is 10.6. The van der Waals surface area contributed by atoms with Gasteiger partial charge in [0.1, 0.15) is 5.75 Å². The molecule has 0 saturated carbocycles. The second-order valence-electron chi connectivity index (χ2n) is 6.70. The van der Waals surface area contributed by atoms with Crippen LogP contribution in [-0.4, -0.2) is 23.2 Å². The van der Waals surface area contributed by atoms with Crippen LogP contribution >= 0.6 is 0 Å². The average Bonchev–Trinajstić information content (AvgIpc) is 3.28. The molecule has 30 heavy (non-hydrogen) atoms. The maximum Gasteiger partial charge on any atom is 0.227 e. The Morgan fingerprint density at radius 2 is 1.57 bits per heavy atom. The van der Waals surface area contributed by atoms with Crippen LogP contribution in [0.5, 0.6) is 5.75 Å². The molecule has 1 heterocycles. The lowest BCUT2D eigenvalue weighted by molar-refractivity contribution is -0.116. The number of nitrogens with zero attached hydrogens (tertiary/aromatic N) is 2. The third-order valence-electron chi connectivity index (χ3n) is 4.67. The number of methoxy groups -OCH3 is 1. The highest BCUT2D eigenvalue weighted by atomic mass is 16.5. The molecule has 150 valence electrons. The van der Waals surface area contributed by atoms with Crippen molar-refractivity contribution in [1.29, 1.82) is 0 Å². The maximum absolute atomic E-state index is 12.2. The predicted molar refractivity (Wildman–Crippen MR) is 115 cm³/mol. The highest BCUT2D eigenvalue weighted by Gasteiger charge is 2.12. The first kappa shape index (κ1) is 19.4. The number of carbonyl (C=O) groups excluding carboxylic acids is 1. The molecule has 4 rings (SSSR count). The largest absolute Gasteiger partial charge is 0.495 e. The number of aryl methyl sites for hydroxylation is 1. The van der Waals surface area contributed by atoms with Crippen LogP contribution in [0, 0.1) is 0 Å². The first-order valence-electron chi connectivity index (χ1n) is 9.64. The zero-order chi connectivity index (χ0) is 20.8. The first-order chi connectivity index (χ1) is 14.7. The molecule has 0 aliphatic heterocycles. The summed E-state index contributed by atoms with van der Waals surface area (Å²) in [6, 6.07) is 25.4. The summed E-state index contributed by atoms with van der Waals surface area (Å²) in [6.07, 6.45) is 0.586. The molecule has 0 spiro atoms. The third kappa shape index (κ3) is 4.55. The molecule has 3 aromatic carbocycles. The van der Waals surface area contributed by atoms with Crippen molar-refractivity contribution < 1.29 is 14.1 Å². The summed E-state index contributed by atoms with van der Waals surface area (Å²) in [5.41, 5.74) is 3.77. The monoisotopic (exact) mass is 399 g/mol. The Kier molecular flexibility index (Phi) is 5.85. The molecule has 1 aromatic heterocycles. The lowest BCUT2D eigenvalue weighted by Gasteiger charge is -2.08. The smallest absolute Gasteiger partial charge is 0.227 e. The highest BCUT2D eigenvalue weighted by Crippen LogP contribution is 2.24. The molecule has 6 heteroatoms. The van der Waals surface area contributed by atoms with Gasteiger partial charge in [0.15, 0.2) is 0 Å². The second kappa shape index (κ2) is 9.05. The first-order valence-corrected chi connectivity index (χ1v) is 9.64. The van der Waals surface area contributed by atoms with E-state index in [4.69, 9.17) is 9.26 Å². The molecule has 0 fully saturated rings. The van der Waals surface area contributed by atoms with Crippen molar-refractivity contribution in [3.05, 3.63) is 84.8 Å². The van der Waals surface area contributed by atoms with E-state index in [2.05, 4.69) is 27.6 Å². The molecule has 1 N–H and O–H groups in total. The van der Waals surface area contributed by atoms with E-state index in [-0.39, 0.29) is 12.3 Å². The Labute approximate surface area is 174 Å². The van der Waals surface area contributed by atoms with E-state index in [0.717, 1.165) is 16.7 Å². The third-order valence-corrected chi connectivity index (χ3v) is 4.67. The van der Waals surface area contributed by atoms with E-state index in [1.165, 1.54) is 0 Å². The number of hydrogen-bond acceptors (Lipinski definition) is 5. The minimum Gasteiger partial charge on any atom is -0.495 e. The quantitative estimate of drug-likeness (QED) is 0.474. The highest BCUT2D eigenvalue weighted by molar-refractivity contribution is 5.92. The van der Waals surface area contributed by atoms with Gasteiger partial charge in [-0.05, 0) is 23.3 Å². The molecular weight excluding hydrogens is 378 g/mol. The van der Waals surface area contributed by atoms with Gasteiger partial charge in [0, 0.05) is 18.4 Å². The number of amides is 1. The van der Waals surface area contributed by atoms with Gasteiger partial charge < -0.3 is 14.6 Å². The van der Waals surface area contributed by atoms with Crippen molar-refractivity contribution in [3.63, 3.8) is 0 Å². The summed E-state index contributed by atoms with van der Waals surface area (Å²) in [5, 5.41) is 6.88. The Bertz CT molecular complexity index is 1120. The summed E-state index contributed by atoms with van der Waals surface area (Å²) >= 11 is 0. The molecule has 0 aliphatic rings. The number of hydrogen-bond donors (Lipinski definition) is 1. The number of anilines is 1. The van der Waals surface area contributed by atoms with E-state index < -0.39 is 0 Å². The van der Waals surface area contributed by atoms with Crippen molar-refractivity contribution >= 4 is 11.6 Å². The zero-order valence-corrected chi connectivity index (χ0v) is 16.5. The van der Waals surface area contributed by atoms with Crippen molar-refractivity contribution in [3.8, 4) is 28.3 Å². The molecule has 6 nitrogen and oxygen atoms in total. The van der Waals surface area contributed by atoms with Crippen LogP contribution in [0.1, 0.15) is 12.3 Å². The molecule has 0 aliphatic carbocycles. The van der Waals surface area contributed by atoms with Gasteiger partial charge in [0.2, 0.25) is 17.6 Å². The van der Waals surface area contributed by atoms with E-state index >= 15 is 0 Å². The molecule has 0 radical (unpaired) electrons. The fourth-order valence-electron chi connectivity index (χ4n) is 3.10. The lowest BCUT2D eigenvalue weighted by Crippen LogP contribution is -2.13. The van der Waals surface area contributed by atoms with Gasteiger partial charge >= 0.3 is 0 Å². The van der Waals surface area contributed by atoms with E-state index in [0.29, 0.717) is 29.6 Å². The maximum atomic E-state index is 12.2. The summed E-state index contributed by atoms with van der Waals surface area (Å²) in [6.45, 7) is 0. The van der Waals surface area contributed by atoms with Crippen molar-refractivity contribution in [1.82, 2.24) is 10.1 Å². The molecule has 0 unspecified atom stereocenters. The zero-order valence-electron chi connectivity index (χ0n) is 16.5. The Morgan fingerprint density at radius 3 is 2.33 bits per heavy atom. The number of benzene rings is 3. The topological polar surface area (TPSA) is 77.2 Å². The van der Waals surface area contributed by atoms with Crippen LogP contribution in [0.15, 0.2) is 83.4 Å². The van der Waals surface area contributed by atoms with Crippen LogP contribution in [0.3, 0.4) is 0 Å². The fourth-order valence-corrected chi connectivity index (χ4v) is 3.10. The van der Waals surface area contributed by atoms with Gasteiger partial charge in [-0.25, -0.2) is 0 Å². The Balaban J connectivity index is 1.37. The molecule has 1 amide bonds. The van der Waals surface area contributed by atoms with Crippen LogP contribution in [0.4, 0.5) is 5.69 Å². The van der Waals surface area contributed by atoms with Crippen LogP contribution in [-0.2, 0) is 11.2 Å². The van der Waals surface area contributed by atoms with Crippen LogP contribution in [0.2, 0.25) is 0 Å². The molecular formula is C24H21N3O3. The van der Waals surface area contributed by atoms with Crippen molar-refractivity contribution in [2.24, 2.45) is 0 Å².